The smallest absolute Gasteiger partial charge is 0.241 e. The molecule has 5 heteroatoms. The van der Waals surface area contributed by atoms with E-state index in [9.17, 15) is 9.18 Å². The minimum Gasteiger partial charge on any atom is -0.324 e. The lowest BCUT2D eigenvalue weighted by Gasteiger charge is -2.12. The molecule has 1 amide bonds. The van der Waals surface area contributed by atoms with Gasteiger partial charge in [-0.25, -0.2) is 4.39 Å². The van der Waals surface area contributed by atoms with Crippen molar-refractivity contribution in [3.63, 3.8) is 0 Å². The molecular formula is C12H14FN3O. The maximum absolute atomic E-state index is 12.9. The van der Waals surface area contributed by atoms with Crippen molar-refractivity contribution in [3.05, 3.63) is 29.6 Å². The largest absolute Gasteiger partial charge is 0.324 e. The van der Waals surface area contributed by atoms with Gasteiger partial charge in [-0.15, -0.1) is 0 Å². The van der Waals surface area contributed by atoms with Crippen molar-refractivity contribution in [2.75, 3.05) is 5.32 Å². The standard InChI is InChI=1S/C12H14FN3O/c1-2-3-10(15)12(17)16-11-5-4-9(13)6-8(11)7-14/h4-6,10H,2-3,15H2,1H3,(H,16,17)/t10-/m1/s1. The van der Waals surface area contributed by atoms with Gasteiger partial charge in [-0.1, -0.05) is 13.3 Å². The third-order valence-corrected chi connectivity index (χ3v) is 2.30. The summed E-state index contributed by atoms with van der Waals surface area (Å²) in [5, 5.41) is 11.3. The van der Waals surface area contributed by atoms with Crippen LogP contribution in [0.25, 0.3) is 0 Å². The van der Waals surface area contributed by atoms with E-state index in [4.69, 9.17) is 11.0 Å². The lowest BCUT2D eigenvalue weighted by Crippen LogP contribution is -2.35. The normalized spacial score (nSPS) is 11.6. The molecule has 0 aliphatic heterocycles. The quantitative estimate of drug-likeness (QED) is 0.834. The van der Waals surface area contributed by atoms with Gasteiger partial charge < -0.3 is 11.1 Å². The van der Waals surface area contributed by atoms with Crippen molar-refractivity contribution in [2.45, 2.75) is 25.8 Å². The number of nitrogens with two attached hydrogens (primary N) is 1. The predicted molar refractivity (Wildman–Crippen MR) is 62.6 cm³/mol. The summed E-state index contributed by atoms with van der Waals surface area (Å²) in [4.78, 5) is 11.6. The summed E-state index contributed by atoms with van der Waals surface area (Å²) in [5.74, 6) is -0.882. The van der Waals surface area contributed by atoms with Crippen molar-refractivity contribution >= 4 is 11.6 Å². The van der Waals surface area contributed by atoms with Crippen molar-refractivity contribution < 1.29 is 9.18 Å². The lowest BCUT2D eigenvalue weighted by molar-refractivity contribution is -0.117. The Morgan fingerprint density at radius 3 is 2.94 bits per heavy atom. The number of nitrogens with one attached hydrogen (secondary N) is 1. The fourth-order valence-corrected chi connectivity index (χ4v) is 1.39. The van der Waals surface area contributed by atoms with Crippen molar-refractivity contribution in [1.82, 2.24) is 0 Å². The summed E-state index contributed by atoms with van der Waals surface area (Å²) in [6.45, 7) is 1.92. The zero-order valence-corrected chi connectivity index (χ0v) is 9.53. The number of hydrogen-bond acceptors (Lipinski definition) is 3. The second-order valence-electron chi connectivity index (χ2n) is 3.69. The topological polar surface area (TPSA) is 78.9 Å². The number of benzene rings is 1. The Bertz CT molecular complexity index is 454. The van der Waals surface area contributed by atoms with Crippen LogP contribution < -0.4 is 11.1 Å². The van der Waals surface area contributed by atoms with Gasteiger partial charge in [0.05, 0.1) is 17.3 Å². The van der Waals surface area contributed by atoms with E-state index in [1.54, 1.807) is 0 Å². The van der Waals surface area contributed by atoms with E-state index in [0.29, 0.717) is 6.42 Å². The maximum Gasteiger partial charge on any atom is 0.241 e. The molecule has 0 aliphatic rings. The van der Waals surface area contributed by atoms with Gasteiger partial charge in [-0.3, -0.25) is 4.79 Å². The SMILES string of the molecule is CCC[C@@H](N)C(=O)Nc1ccc(F)cc1C#N. The molecule has 0 unspecified atom stereocenters. The maximum atomic E-state index is 12.9. The van der Waals surface area contributed by atoms with Crippen LogP contribution in [0.15, 0.2) is 18.2 Å². The van der Waals surface area contributed by atoms with Gasteiger partial charge in [0, 0.05) is 0 Å². The van der Waals surface area contributed by atoms with Gasteiger partial charge >= 0.3 is 0 Å². The number of halogens is 1. The molecule has 1 aromatic rings. The number of nitrogens with zero attached hydrogens (tertiary/aromatic N) is 1. The molecular weight excluding hydrogens is 221 g/mol. The van der Waals surface area contributed by atoms with Crippen molar-refractivity contribution in [3.8, 4) is 6.07 Å². The molecule has 1 rings (SSSR count). The van der Waals surface area contributed by atoms with E-state index in [2.05, 4.69) is 5.32 Å². The molecule has 3 N–H and O–H groups in total. The van der Waals surface area contributed by atoms with Gasteiger partial charge in [0.1, 0.15) is 11.9 Å². The average Bonchev–Trinajstić information content (AvgIpc) is 2.31. The highest BCUT2D eigenvalue weighted by molar-refractivity contribution is 5.95. The predicted octanol–water partition coefficient (Wildman–Crippen LogP) is 1.76. The average molecular weight is 235 g/mol. The molecule has 1 aromatic carbocycles. The summed E-state index contributed by atoms with van der Waals surface area (Å²) in [7, 11) is 0. The summed E-state index contributed by atoms with van der Waals surface area (Å²) in [5.41, 5.74) is 6.00. The number of hydrogen-bond donors (Lipinski definition) is 2. The summed E-state index contributed by atoms with van der Waals surface area (Å²) < 4.78 is 12.9. The minimum absolute atomic E-state index is 0.0852. The van der Waals surface area contributed by atoms with Gasteiger partial charge in [0.2, 0.25) is 5.91 Å². The molecule has 90 valence electrons. The first-order chi connectivity index (χ1) is 8.08. The number of anilines is 1. The molecule has 0 bridgehead atoms. The van der Waals surface area contributed by atoms with E-state index in [1.165, 1.54) is 12.1 Å². The van der Waals surface area contributed by atoms with E-state index in [0.717, 1.165) is 12.5 Å². The Morgan fingerprint density at radius 1 is 1.65 bits per heavy atom. The van der Waals surface area contributed by atoms with Crippen LogP contribution >= 0.6 is 0 Å². The molecule has 0 fully saturated rings. The van der Waals surface area contributed by atoms with Crippen LogP contribution in [0, 0.1) is 17.1 Å². The van der Waals surface area contributed by atoms with Crippen molar-refractivity contribution in [1.29, 1.82) is 5.26 Å². The lowest BCUT2D eigenvalue weighted by atomic mass is 10.1. The van der Waals surface area contributed by atoms with Gasteiger partial charge in [-0.2, -0.15) is 5.26 Å². The minimum atomic E-state index is -0.614. The monoisotopic (exact) mass is 235 g/mol. The molecule has 17 heavy (non-hydrogen) atoms. The Balaban J connectivity index is 2.82. The van der Waals surface area contributed by atoms with Crippen LogP contribution in [-0.2, 0) is 4.79 Å². The third-order valence-electron chi connectivity index (χ3n) is 2.30. The molecule has 0 heterocycles. The molecule has 0 aliphatic carbocycles. The number of amides is 1. The first kappa shape index (κ1) is 13.1. The molecule has 1 atom stereocenters. The molecule has 0 spiro atoms. The molecule has 0 radical (unpaired) electrons. The zero-order chi connectivity index (χ0) is 12.8. The Labute approximate surface area is 99.2 Å². The first-order valence-electron chi connectivity index (χ1n) is 5.34. The third kappa shape index (κ3) is 3.54. The highest BCUT2D eigenvalue weighted by Crippen LogP contribution is 2.16. The highest BCUT2D eigenvalue weighted by atomic mass is 19.1. The number of carbonyl (C=O) groups excluding carboxylic acids is 1. The van der Waals surface area contributed by atoms with Crippen LogP contribution in [0.5, 0.6) is 0 Å². The molecule has 0 aromatic heterocycles. The number of carbonyl (C=O) groups is 1. The fourth-order valence-electron chi connectivity index (χ4n) is 1.39. The zero-order valence-electron chi connectivity index (χ0n) is 9.53. The van der Waals surface area contributed by atoms with Gasteiger partial charge in [0.15, 0.2) is 0 Å². The molecule has 0 saturated heterocycles. The summed E-state index contributed by atoms with van der Waals surface area (Å²) in [6.07, 6.45) is 1.36. The van der Waals surface area contributed by atoms with Crippen LogP contribution in [0.1, 0.15) is 25.3 Å². The number of nitriles is 1. The summed E-state index contributed by atoms with van der Waals surface area (Å²) >= 11 is 0. The van der Waals surface area contributed by atoms with Crippen LogP contribution in [0.4, 0.5) is 10.1 Å². The molecule has 4 nitrogen and oxygen atoms in total. The Kier molecular flexibility index (Phi) is 4.61. The van der Waals surface area contributed by atoms with Crippen molar-refractivity contribution in [2.24, 2.45) is 5.73 Å². The number of rotatable bonds is 4. The second-order valence-corrected chi connectivity index (χ2v) is 3.69. The van der Waals surface area contributed by atoms with Crippen LogP contribution in [0.2, 0.25) is 0 Å². The Morgan fingerprint density at radius 2 is 2.35 bits per heavy atom. The second kappa shape index (κ2) is 5.97. The molecule has 0 saturated carbocycles. The Hall–Kier alpha value is -1.93. The van der Waals surface area contributed by atoms with E-state index >= 15 is 0 Å². The van der Waals surface area contributed by atoms with E-state index in [-0.39, 0.29) is 17.2 Å². The fraction of sp³-hybridized carbons (Fsp3) is 0.333. The van der Waals surface area contributed by atoms with E-state index in [1.807, 2.05) is 13.0 Å². The van der Waals surface area contributed by atoms with Gasteiger partial charge in [0.25, 0.3) is 0 Å². The van der Waals surface area contributed by atoms with Crippen LogP contribution in [0.3, 0.4) is 0 Å². The van der Waals surface area contributed by atoms with Gasteiger partial charge in [-0.05, 0) is 24.6 Å². The van der Waals surface area contributed by atoms with Crippen LogP contribution in [-0.4, -0.2) is 11.9 Å². The van der Waals surface area contributed by atoms with E-state index < -0.39 is 11.9 Å². The highest BCUT2D eigenvalue weighted by Gasteiger charge is 2.14. The summed E-state index contributed by atoms with van der Waals surface area (Å²) in [6, 6.07) is 4.81. The first-order valence-corrected chi connectivity index (χ1v) is 5.34.